The van der Waals surface area contributed by atoms with E-state index in [9.17, 15) is 0 Å². The summed E-state index contributed by atoms with van der Waals surface area (Å²) in [4.78, 5) is 5.77. The summed E-state index contributed by atoms with van der Waals surface area (Å²) >= 11 is 1.77. The lowest BCUT2D eigenvalue weighted by Gasteiger charge is -2.02. The number of rotatable bonds is 2. The third-order valence-corrected chi connectivity index (χ3v) is 3.56. The minimum absolute atomic E-state index is 1.06. The van der Waals surface area contributed by atoms with Crippen molar-refractivity contribution in [2.24, 2.45) is 0 Å². The summed E-state index contributed by atoms with van der Waals surface area (Å²) in [5.41, 5.74) is 4.81. The number of thiophene rings is 1. The molecule has 0 amide bonds. The lowest BCUT2D eigenvalue weighted by Crippen LogP contribution is -1.87. The van der Waals surface area contributed by atoms with Crippen molar-refractivity contribution >= 4 is 17.4 Å². The molecule has 0 saturated carbocycles. The van der Waals surface area contributed by atoms with Crippen molar-refractivity contribution in [1.82, 2.24) is 4.98 Å². The standard InChI is InChI=1S/C14H15NS/c1-4-5-13-11(3)7-12(8-15-13)14-6-10(2)9-16-14/h4-9H,1-3H3/b5-4-. The fraction of sp³-hybridized carbons (Fsp3) is 0.214. The molecule has 0 aromatic carbocycles. The van der Waals surface area contributed by atoms with Gasteiger partial charge in [0.05, 0.1) is 5.69 Å². The molecular formula is C14H15NS. The Hall–Kier alpha value is -1.41. The van der Waals surface area contributed by atoms with Crippen LogP contribution >= 0.6 is 11.3 Å². The highest BCUT2D eigenvalue weighted by Gasteiger charge is 2.03. The predicted octanol–water partition coefficient (Wildman–Crippen LogP) is 4.46. The first-order valence-corrected chi connectivity index (χ1v) is 6.23. The van der Waals surface area contributed by atoms with Gasteiger partial charge >= 0.3 is 0 Å². The first kappa shape index (κ1) is 11.1. The van der Waals surface area contributed by atoms with Crippen molar-refractivity contribution in [2.75, 3.05) is 0 Å². The minimum atomic E-state index is 1.06. The molecule has 16 heavy (non-hydrogen) atoms. The van der Waals surface area contributed by atoms with Crippen LogP contribution in [-0.4, -0.2) is 4.98 Å². The van der Waals surface area contributed by atoms with Crippen LogP contribution in [-0.2, 0) is 0 Å². The van der Waals surface area contributed by atoms with Gasteiger partial charge < -0.3 is 0 Å². The van der Waals surface area contributed by atoms with Crippen LogP contribution in [0.15, 0.2) is 29.8 Å². The lowest BCUT2D eigenvalue weighted by molar-refractivity contribution is 1.24. The van der Waals surface area contributed by atoms with Crippen LogP contribution in [0.3, 0.4) is 0 Å². The summed E-state index contributed by atoms with van der Waals surface area (Å²) < 4.78 is 0. The second kappa shape index (κ2) is 4.62. The molecule has 0 atom stereocenters. The summed E-state index contributed by atoms with van der Waals surface area (Å²) in [6, 6.07) is 4.41. The first-order valence-electron chi connectivity index (χ1n) is 5.35. The Bertz CT molecular complexity index is 523. The molecule has 2 rings (SSSR count). The van der Waals surface area contributed by atoms with E-state index in [0.29, 0.717) is 0 Å². The van der Waals surface area contributed by atoms with Gasteiger partial charge in [0.1, 0.15) is 0 Å². The average molecular weight is 229 g/mol. The summed E-state index contributed by atoms with van der Waals surface area (Å²) in [5.74, 6) is 0. The monoisotopic (exact) mass is 229 g/mol. The maximum Gasteiger partial charge on any atom is 0.0655 e. The fourth-order valence-corrected chi connectivity index (χ4v) is 2.52. The highest BCUT2D eigenvalue weighted by Crippen LogP contribution is 2.27. The van der Waals surface area contributed by atoms with Crippen molar-refractivity contribution in [3.05, 3.63) is 46.6 Å². The van der Waals surface area contributed by atoms with E-state index >= 15 is 0 Å². The molecule has 0 aliphatic heterocycles. The fourth-order valence-electron chi connectivity index (χ4n) is 1.64. The molecule has 0 spiro atoms. The molecule has 0 bridgehead atoms. The molecule has 2 aromatic heterocycles. The van der Waals surface area contributed by atoms with Gasteiger partial charge in [-0.05, 0) is 55.5 Å². The van der Waals surface area contributed by atoms with Crippen molar-refractivity contribution in [3.8, 4) is 10.4 Å². The van der Waals surface area contributed by atoms with Crippen molar-refractivity contribution in [1.29, 1.82) is 0 Å². The molecule has 0 aliphatic carbocycles. The minimum Gasteiger partial charge on any atom is -0.256 e. The third-order valence-electron chi connectivity index (χ3n) is 2.46. The van der Waals surface area contributed by atoms with Crippen LogP contribution in [0.5, 0.6) is 0 Å². The zero-order chi connectivity index (χ0) is 11.5. The number of hydrogen-bond acceptors (Lipinski definition) is 2. The molecule has 1 nitrogen and oxygen atoms in total. The van der Waals surface area contributed by atoms with Crippen LogP contribution in [0, 0.1) is 13.8 Å². The first-order chi connectivity index (χ1) is 7.70. The number of allylic oxidation sites excluding steroid dienone is 1. The number of aromatic nitrogens is 1. The van der Waals surface area contributed by atoms with Gasteiger partial charge in [-0.2, -0.15) is 0 Å². The van der Waals surface area contributed by atoms with Gasteiger partial charge in [0.15, 0.2) is 0 Å². The molecule has 2 aromatic rings. The Morgan fingerprint density at radius 3 is 2.62 bits per heavy atom. The molecule has 0 N–H and O–H groups in total. The van der Waals surface area contributed by atoms with Crippen LogP contribution in [0.2, 0.25) is 0 Å². The van der Waals surface area contributed by atoms with E-state index in [2.05, 4.69) is 36.3 Å². The molecule has 0 aliphatic rings. The van der Waals surface area contributed by atoms with Crippen LogP contribution in [0.4, 0.5) is 0 Å². The second-order valence-corrected chi connectivity index (χ2v) is 4.83. The predicted molar refractivity (Wildman–Crippen MR) is 71.7 cm³/mol. The van der Waals surface area contributed by atoms with E-state index < -0.39 is 0 Å². The van der Waals surface area contributed by atoms with Crippen LogP contribution < -0.4 is 0 Å². The zero-order valence-corrected chi connectivity index (χ0v) is 10.6. The maximum absolute atomic E-state index is 4.47. The Balaban J connectivity index is 2.41. The Morgan fingerprint density at radius 2 is 2.06 bits per heavy atom. The molecule has 0 radical (unpaired) electrons. The van der Waals surface area contributed by atoms with Crippen LogP contribution in [0.1, 0.15) is 23.7 Å². The highest BCUT2D eigenvalue weighted by atomic mass is 32.1. The van der Waals surface area contributed by atoms with Gasteiger partial charge in [-0.1, -0.05) is 6.08 Å². The van der Waals surface area contributed by atoms with Gasteiger partial charge in [-0.3, -0.25) is 4.98 Å². The lowest BCUT2D eigenvalue weighted by atomic mass is 10.1. The molecule has 2 heteroatoms. The highest BCUT2D eigenvalue weighted by molar-refractivity contribution is 7.13. The molecule has 0 fully saturated rings. The Morgan fingerprint density at radius 1 is 1.25 bits per heavy atom. The van der Waals surface area contributed by atoms with Crippen molar-refractivity contribution in [3.63, 3.8) is 0 Å². The molecule has 2 heterocycles. The van der Waals surface area contributed by atoms with Gasteiger partial charge in [0.2, 0.25) is 0 Å². The van der Waals surface area contributed by atoms with E-state index in [1.165, 1.54) is 21.6 Å². The summed E-state index contributed by atoms with van der Waals surface area (Å²) in [6.45, 7) is 6.23. The summed E-state index contributed by atoms with van der Waals surface area (Å²) in [7, 11) is 0. The van der Waals surface area contributed by atoms with E-state index in [-0.39, 0.29) is 0 Å². The molecule has 0 unspecified atom stereocenters. The Labute approximate surface area is 100 Å². The van der Waals surface area contributed by atoms with Gasteiger partial charge in [0, 0.05) is 16.6 Å². The number of hydrogen-bond donors (Lipinski definition) is 0. The third kappa shape index (κ3) is 2.22. The number of nitrogens with zero attached hydrogens (tertiary/aromatic N) is 1. The average Bonchev–Trinajstić information content (AvgIpc) is 2.68. The van der Waals surface area contributed by atoms with E-state index in [1.54, 1.807) is 11.3 Å². The van der Waals surface area contributed by atoms with E-state index in [1.807, 2.05) is 25.3 Å². The van der Waals surface area contributed by atoms with Crippen LogP contribution in [0.25, 0.3) is 16.5 Å². The zero-order valence-electron chi connectivity index (χ0n) is 9.82. The van der Waals surface area contributed by atoms with E-state index in [4.69, 9.17) is 0 Å². The quantitative estimate of drug-likeness (QED) is 0.741. The largest absolute Gasteiger partial charge is 0.256 e. The van der Waals surface area contributed by atoms with Crippen molar-refractivity contribution < 1.29 is 0 Å². The van der Waals surface area contributed by atoms with Gasteiger partial charge in [-0.15, -0.1) is 11.3 Å². The van der Waals surface area contributed by atoms with Crippen molar-refractivity contribution in [2.45, 2.75) is 20.8 Å². The molecule has 0 saturated heterocycles. The smallest absolute Gasteiger partial charge is 0.0655 e. The van der Waals surface area contributed by atoms with Gasteiger partial charge in [0.25, 0.3) is 0 Å². The SMILES string of the molecule is C/C=C\c1ncc(-c2cc(C)cs2)cc1C. The Kier molecular flexibility index (Phi) is 3.20. The topological polar surface area (TPSA) is 12.9 Å². The molecular weight excluding hydrogens is 214 g/mol. The number of aryl methyl sites for hydroxylation is 2. The maximum atomic E-state index is 4.47. The van der Waals surface area contributed by atoms with Gasteiger partial charge in [-0.25, -0.2) is 0 Å². The second-order valence-electron chi connectivity index (χ2n) is 3.91. The normalized spacial score (nSPS) is 11.2. The summed E-state index contributed by atoms with van der Waals surface area (Å²) in [5, 5.41) is 2.17. The number of pyridine rings is 1. The molecule has 82 valence electrons. The summed E-state index contributed by atoms with van der Waals surface area (Å²) in [6.07, 6.45) is 6.01. The van der Waals surface area contributed by atoms with E-state index in [0.717, 1.165) is 5.69 Å².